The first-order valence-electron chi connectivity index (χ1n) is 7.41. The van der Waals surface area contributed by atoms with Gasteiger partial charge in [0.05, 0.1) is 11.7 Å². The Morgan fingerprint density at radius 3 is 2.81 bits per heavy atom. The molecule has 0 bridgehead atoms. The number of rotatable bonds is 3. The zero-order valence-corrected chi connectivity index (χ0v) is 11.7. The Kier molecular flexibility index (Phi) is 3.92. The summed E-state index contributed by atoms with van der Waals surface area (Å²) in [7, 11) is 0. The Balaban J connectivity index is 1.71. The number of amides is 1. The molecule has 1 amide bonds. The number of carbonyl (C=O) groups excluding carboxylic acids is 1. The van der Waals surface area contributed by atoms with Gasteiger partial charge in [-0.3, -0.25) is 4.79 Å². The fourth-order valence-corrected chi connectivity index (χ4v) is 3.40. The van der Waals surface area contributed by atoms with E-state index >= 15 is 0 Å². The van der Waals surface area contributed by atoms with Crippen LogP contribution in [-0.2, 0) is 4.74 Å². The van der Waals surface area contributed by atoms with Gasteiger partial charge in [-0.05, 0) is 43.9 Å². The molecule has 1 saturated carbocycles. The summed E-state index contributed by atoms with van der Waals surface area (Å²) in [5.41, 5.74) is 0.532. The second-order valence-electron chi connectivity index (χ2n) is 5.76. The number of hydrogen-bond acceptors (Lipinski definition) is 3. The van der Waals surface area contributed by atoms with Gasteiger partial charge in [0.25, 0.3) is 5.91 Å². The average Bonchev–Trinajstić information content (AvgIpc) is 2.97. The predicted molar refractivity (Wildman–Crippen MR) is 76.4 cm³/mol. The molecule has 2 fully saturated rings. The molecule has 1 aromatic rings. The number of carboxylic acids is 1. The van der Waals surface area contributed by atoms with Gasteiger partial charge in [-0.2, -0.15) is 0 Å². The molecule has 112 valence electrons. The first-order chi connectivity index (χ1) is 10.1. The second-order valence-corrected chi connectivity index (χ2v) is 5.76. The minimum absolute atomic E-state index is 0.132. The maximum Gasteiger partial charge on any atom is 0.335 e. The average molecular weight is 289 g/mol. The number of hydrogen-bond donors (Lipinski definition) is 2. The molecule has 1 aromatic carbocycles. The smallest absolute Gasteiger partial charge is 0.335 e. The molecule has 1 saturated heterocycles. The molecule has 0 spiro atoms. The van der Waals surface area contributed by atoms with E-state index in [1.54, 1.807) is 12.1 Å². The highest BCUT2D eigenvalue weighted by Crippen LogP contribution is 2.34. The van der Waals surface area contributed by atoms with Crippen molar-refractivity contribution in [3.63, 3.8) is 0 Å². The van der Waals surface area contributed by atoms with Gasteiger partial charge < -0.3 is 15.2 Å². The molecule has 2 N–H and O–H groups in total. The van der Waals surface area contributed by atoms with E-state index in [9.17, 15) is 9.59 Å². The predicted octanol–water partition coefficient (Wildman–Crippen LogP) is 2.07. The first kappa shape index (κ1) is 14.1. The van der Waals surface area contributed by atoms with E-state index in [1.807, 2.05) is 0 Å². The van der Waals surface area contributed by atoms with Crippen LogP contribution in [0, 0.1) is 5.92 Å². The minimum atomic E-state index is -1.02. The molecule has 0 radical (unpaired) electrons. The number of benzene rings is 1. The lowest BCUT2D eigenvalue weighted by Crippen LogP contribution is -2.45. The van der Waals surface area contributed by atoms with Gasteiger partial charge in [-0.15, -0.1) is 0 Å². The minimum Gasteiger partial charge on any atom is -0.478 e. The van der Waals surface area contributed by atoms with Gasteiger partial charge in [-0.25, -0.2) is 4.79 Å². The largest absolute Gasteiger partial charge is 0.478 e. The standard InChI is InChI=1S/C16H19NO4/c18-15(10-3-1-4-11(9-10)16(19)20)17-13-5-2-6-14-12(13)7-8-21-14/h1,3-4,9,12-14H,2,5-8H2,(H,17,18)(H,19,20)/t12-,13-,14-/m1/s1. The molecule has 5 nitrogen and oxygen atoms in total. The second kappa shape index (κ2) is 5.85. The van der Waals surface area contributed by atoms with Crippen LogP contribution in [0.15, 0.2) is 24.3 Å². The molecule has 0 aromatic heterocycles. The Morgan fingerprint density at radius 2 is 2.00 bits per heavy atom. The van der Waals surface area contributed by atoms with Gasteiger partial charge in [-0.1, -0.05) is 6.07 Å². The van der Waals surface area contributed by atoms with Gasteiger partial charge in [0.15, 0.2) is 0 Å². The van der Waals surface area contributed by atoms with Gasteiger partial charge >= 0.3 is 5.97 Å². The summed E-state index contributed by atoms with van der Waals surface area (Å²) in [5, 5.41) is 12.0. The van der Waals surface area contributed by atoms with E-state index in [4.69, 9.17) is 9.84 Å². The summed E-state index contributed by atoms with van der Waals surface area (Å²) in [6.45, 7) is 0.774. The van der Waals surface area contributed by atoms with E-state index < -0.39 is 5.97 Å². The van der Waals surface area contributed by atoms with Crippen molar-refractivity contribution in [3.05, 3.63) is 35.4 Å². The van der Waals surface area contributed by atoms with Crippen LogP contribution in [0.25, 0.3) is 0 Å². The normalized spacial score (nSPS) is 27.9. The number of nitrogens with one attached hydrogen (secondary N) is 1. The van der Waals surface area contributed by atoms with Crippen LogP contribution >= 0.6 is 0 Å². The van der Waals surface area contributed by atoms with Crippen LogP contribution in [0.2, 0.25) is 0 Å². The zero-order chi connectivity index (χ0) is 14.8. The van der Waals surface area contributed by atoms with Crippen LogP contribution in [0.3, 0.4) is 0 Å². The van der Waals surface area contributed by atoms with Gasteiger partial charge in [0.2, 0.25) is 0 Å². The number of fused-ring (bicyclic) bond motifs is 1. The molecular formula is C16H19NO4. The molecule has 0 unspecified atom stereocenters. The summed E-state index contributed by atoms with van der Waals surface area (Å²) in [6, 6.07) is 6.28. The topological polar surface area (TPSA) is 75.6 Å². The van der Waals surface area contributed by atoms with E-state index in [1.165, 1.54) is 12.1 Å². The van der Waals surface area contributed by atoms with Gasteiger partial charge in [0, 0.05) is 24.1 Å². The van der Waals surface area contributed by atoms with Crippen LogP contribution < -0.4 is 5.32 Å². The van der Waals surface area contributed by atoms with Crippen LogP contribution in [0.4, 0.5) is 0 Å². The van der Waals surface area contributed by atoms with Crippen LogP contribution in [0.1, 0.15) is 46.4 Å². The highest BCUT2D eigenvalue weighted by molar-refractivity contribution is 5.97. The lowest BCUT2D eigenvalue weighted by atomic mass is 9.81. The third-order valence-corrected chi connectivity index (χ3v) is 4.47. The molecule has 3 rings (SSSR count). The van der Waals surface area contributed by atoms with Crippen molar-refractivity contribution in [2.45, 2.75) is 37.8 Å². The van der Waals surface area contributed by atoms with Crippen molar-refractivity contribution in [1.29, 1.82) is 0 Å². The molecule has 1 heterocycles. The summed E-state index contributed by atoms with van der Waals surface area (Å²) in [6.07, 6.45) is 4.36. The maximum absolute atomic E-state index is 12.3. The first-order valence-corrected chi connectivity index (χ1v) is 7.41. The van der Waals surface area contributed by atoms with Crippen molar-refractivity contribution in [2.24, 2.45) is 5.92 Å². The highest BCUT2D eigenvalue weighted by atomic mass is 16.5. The Labute approximate surface area is 123 Å². The third-order valence-electron chi connectivity index (χ3n) is 4.47. The maximum atomic E-state index is 12.3. The summed E-state index contributed by atoms with van der Waals surface area (Å²) in [4.78, 5) is 23.3. The van der Waals surface area contributed by atoms with Crippen LogP contribution in [-0.4, -0.2) is 35.7 Å². The van der Waals surface area contributed by atoms with Crippen molar-refractivity contribution < 1.29 is 19.4 Å². The van der Waals surface area contributed by atoms with Crippen molar-refractivity contribution in [3.8, 4) is 0 Å². The van der Waals surface area contributed by atoms with Gasteiger partial charge in [0.1, 0.15) is 0 Å². The monoisotopic (exact) mass is 289 g/mol. The van der Waals surface area contributed by atoms with E-state index in [0.29, 0.717) is 11.5 Å². The molecule has 3 atom stereocenters. The molecule has 2 aliphatic rings. The molecule has 21 heavy (non-hydrogen) atoms. The lowest BCUT2D eigenvalue weighted by molar-refractivity contribution is 0.0510. The molecular weight excluding hydrogens is 270 g/mol. The van der Waals surface area contributed by atoms with Crippen molar-refractivity contribution >= 4 is 11.9 Å². The highest BCUT2D eigenvalue weighted by Gasteiger charge is 2.38. The fraction of sp³-hybridized carbons (Fsp3) is 0.500. The zero-order valence-electron chi connectivity index (χ0n) is 11.7. The number of aromatic carboxylic acids is 1. The number of carbonyl (C=O) groups is 2. The van der Waals surface area contributed by atoms with E-state index in [2.05, 4.69) is 5.32 Å². The quantitative estimate of drug-likeness (QED) is 0.893. The Morgan fingerprint density at radius 1 is 1.19 bits per heavy atom. The number of ether oxygens (including phenoxy) is 1. The summed E-state index contributed by atoms with van der Waals surface area (Å²) in [5.74, 6) is -0.826. The fourth-order valence-electron chi connectivity index (χ4n) is 3.40. The van der Waals surface area contributed by atoms with E-state index in [-0.39, 0.29) is 23.6 Å². The molecule has 5 heteroatoms. The van der Waals surface area contributed by atoms with Crippen molar-refractivity contribution in [1.82, 2.24) is 5.32 Å². The van der Waals surface area contributed by atoms with Crippen molar-refractivity contribution in [2.75, 3.05) is 6.61 Å². The summed E-state index contributed by atoms with van der Waals surface area (Å²) < 4.78 is 5.70. The Bertz CT molecular complexity index is 557. The number of carboxylic acid groups (broad SMARTS) is 1. The van der Waals surface area contributed by atoms with E-state index in [0.717, 1.165) is 32.3 Å². The summed E-state index contributed by atoms with van der Waals surface area (Å²) >= 11 is 0. The Hall–Kier alpha value is -1.88. The van der Waals surface area contributed by atoms with Crippen LogP contribution in [0.5, 0.6) is 0 Å². The molecule has 1 aliphatic carbocycles. The SMILES string of the molecule is O=C(O)c1cccc(C(=O)N[C@@H]2CCC[C@H]3OCC[C@H]23)c1. The lowest BCUT2D eigenvalue weighted by Gasteiger charge is -2.33. The third kappa shape index (κ3) is 2.93. The molecule has 1 aliphatic heterocycles.